The lowest BCUT2D eigenvalue weighted by Gasteiger charge is -2.28. The lowest BCUT2D eigenvalue weighted by atomic mass is 10.1. The molecule has 2 atom stereocenters. The van der Waals surface area contributed by atoms with E-state index in [1.165, 1.54) is 6.07 Å². The predicted octanol–water partition coefficient (Wildman–Crippen LogP) is 3.35. The summed E-state index contributed by atoms with van der Waals surface area (Å²) in [6.45, 7) is 2.43. The summed E-state index contributed by atoms with van der Waals surface area (Å²) in [5.74, 6) is -0.288. The van der Waals surface area contributed by atoms with Gasteiger partial charge < -0.3 is 10.1 Å². The second kappa shape index (κ2) is 5.99. The van der Waals surface area contributed by atoms with Crippen LogP contribution < -0.4 is 10.1 Å². The third-order valence-electron chi connectivity index (χ3n) is 3.38. The maximum absolute atomic E-state index is 13.6. The lowest BCUT2D eigenvalue weighted by molar-refractivity contribution is -0.139. The zero-order chi connectivity index (χ0) is 14.8. The third kappa shape index (κ3) is 3.42. The van der Waals surface area contributed by atoms with Crippen molar-refractivity contribution < 1.29 is 22.3 Å². The van der Waals surface area contributed by atoms with Crippen LogP contribution in [-0.4, -0.2) is 25.4 Å². The molecule has 1 aromatic rings. The molecule has 0 amide bonds. The minimum absolute atomic E-state index is 0.110. The van der Waals surface area contributed by atoms with Crippen LogP contribution in [0.25, 0.3) is 0 Å². The van der Waals surface area contributed by atoms with E-state index >= 15 is 0 Å². The van der Waals surface area contributed by atoms with E-state index in [4.69, 9.17) is 4.74 Å². The Kier molecular flexibility index (Phi) is 4.52. The number of hydrogen-bond donors (Lipinski definition) is 1. The standard InChI is InChI=1S/C14H17F4NO/c1-2-9-3-4-12(10(7-9)14(16,17)18)20-13-5-6-19-8-11(13)15/h3-4,7,11,13,19H,2,5-6,8H2,1H3/t11-,13-/m0/s1. The van der Waals surface area contributed by atoms with E-state index in [9.17, 15) is 17.6 Å². The summed E-state index contributed by atoms with van der Waals surface area (Å²) >= 11 is 0. The van der Waals surface area contributed by atoms with Crippen molar-refractivity contribution in [2.24, 2.45) is 0 Å². The van der Waals surface area contributed by atoms with Gasteiger partial charge in [0.05, 0.1) is 5.56 Å². The lowest BCUT2D eigenvalue weighted by Crippen LogP contribution is -2.44. The van der Waals surface area contributed by atoms with Gasteiger partial charge in [0.1, 0.15) is 18.0 Å². The second-order valence-corrected chi connectivity index (χ2v) is 4.85. The number of aryl methyl sites for hydroxylation is 1. The van der Waals surface area contributed by atoms with Gasteiger partial charge in [0.15, 0.2) is 0 Å². The molecule has 1 aliphatic heterocycles. The first-order valence-electron chi connectivity index (χ1n) is 6.63. The molecule has 0 aliphatic carbocycles. The SMILES string of the molecule is CCc1ccc(O[C@H]2CCNC[C@@H]2F)c(C(F)(F)F)c1. The van der Waals surface area contributed by atoms with E-state index in [-0.39, 0.29) is 12.3 Å². The minimum Gasteiger partial charge on any atom is -0.487 e. The molecule has 2 rings (SSSR count). The highest BCUT2D eigenvalue weighted by atomic mass is 19.4. The summed E-state index contributed by atoms with van der Waals surface area (Å²) in [6, 6.07) is 3.94. The Hall–Kier alpha value is -1.30. The van der Waals surface area contributed by atoms with Crippen molar-refractivity contribution in [3.63, 3.8) is 0 Å². The highest BCUT2D eigenvalue weighted by Crippen LogP contribution is 2.38. The van der Waals surface area contributed by atoms with Crippen molar-refractivity contribution in [3.8, 4) is 5.75 Å². The molecule has 0 aromatic heterocycles. The molecule has 1 fully saturated rings. The maximum atomic E-state index is 13.6. The van der Waals surface area contributed by atoms with Crippen molar-refractivity contribution in [2.75, 3.05) is 13.1 Å². The van der Waals surface area contributed by atoms with E-state index in [2.05, 4.69) is 5.32 Å². The van der Waals surface area contributed by atoms with Crippen LogP contribution in [0.2, 0.25) is 0 Å². The van der Waals surface area contributed by atoms with Gasteiger partial charge in [-0.05, 0) is 37.1 Å². The summed E-state index contributed by atoms with van der Waals surface area (Å²) in [5, 5.41) is 2.84. The van der Waals surface area contributed by atoms with E-state index in [0.29, 0.717) is 24.9 Å². The van der Waals surface area contributed by atoms with Crippen LogP contribution >= 0.6 is 0 Å². The smallest absolute Gasteiger partial charge is 0.419 e. The molecule has 1 N–H and O–H groups in total. The Bertz CT molecular complexity index is 461. The van der Waals surface area contributed by atoms with Crippen LogP contribution in [0.5, 0.6) is 5.75 Å². The fourth-order valence-corrected chi connectivity index (χ4v) is 2.21. The van der Waals surface area contributed by atoms with E-state index < -0.39 is 24.0 Å². The van der Waals surface area contributed by atoms with Gasteiger partial charge in [-0.25, -0.2) is 4.39 Å². The number of halogens is 4. The van der Waals surface area contributed by atoms with Crippen LogP contribution in [0, 0.1) is 0 Å². The van der Waals surface area contributed by atoms with Crippen LogP contribution in [0.15, 0.2) is 18.2 Å². The Morgan fingerprint density at radius 1 is 1.35 bits per heavy atom. The fraction of sp³-hybridized carbons (Fsp3) is 0.571. The summed E-state index contributed by atoms with van der Waals surface area (Å²) < 4.78 is 58.0. The molecule has 0 radical (unpaired) electrons. The first-order chi connectivity index (χ1) is 9.41. The minimum atomic E-state index is -4.50. The van der Waals surface area contributed by atoms with Gasteiger partial charge in [0, 0.05) is 6.54 Å². The molecule has 1 aromatic carbocycles. The van der Waals surface area contributed by atoms with E-state index in [0.717, 1.165) is 6.07 Å². The molecule has 20 heavy (non-hydrogen) atoms. The highest BCUT2D eigenvalue weighted by Gasteiger charge is 2.36. The summed E-state index contributed by atoms with van der Waals surface area (Å²) in [6.07, 6.45) is -5.77. The molecule has 0 bridgehead atoms. The molecular formula is C14H17F4NO. The molecule has 1 heterocycles. The molecule has 1 saturated heterocycles. The first-order valence-corrected chi connectivity index (χ1v) is 6.63. The number of ether oxygens (including phenoxy) is 1. The average Bonchev–Trinajstić information content (AvgIpc) is 2.40. The fourth-order valence-electron chi connectivity index (χ4n) is 2.21. The van der Waals surface area contributed by atoms with Gasteiger partial charge in [0.2, 0.25) is 0 Å². The van der Waals surface area contributed by atoms with Gasteiger partial charge in [0.25, 0.3) is 0 Å². The van der Waals surface area contributed by atoms with Gasteiger partial charge >= 0.3 is 6.18 Å². The zero-order valence-electron chi connectivity index (χ0n) is 11.1. The Morgan fingerprint density at radius 2 is 2.10 bits per heavy atom. The topological polar surface area (TPSA) is 21.3 Å². The zero-order valence-corrected chi connectivity index (χ0v) is 11.1. The van der Waals surface area contributed by atoms with Gasteiger partial charge in [-0.15, -0.1) is 0 Å². The molecule has 6 heteroatoms. The molecule has 0 saturated carbocycles. The Morgan fingerprint density at radius 3 is 2.70 bits per heavy atom. The predicted molar refractivity (Wildman–Crippen MR) is 67.6 cm³/mol. The summed E-state index contributed by atoms with van der Waals surface area (Å²) in [4.78, 5) is 0. The van der Waals surface area contributed by atoms with Crippen LogP contribution in [0.4, 0.5) is 17.6 Å². The Balaban J connectivity index is 2.26. The monoisotopic (exact) mass is 291 g/mol. The number of benzene rings is 1. The molecule has 112 valence electrons. The average molecular weight is 291 g/mol. The van der Waals surface area contributed by atoms with Crippen LogP contribution in [0.1, 0.15) is 24.5 Å². The number of alkyl halides is 4. The van der Waals surface area contributed by atoms with Crippen LogP contribution in [-0.2, 0) is 12.6 Å². The summed E-state index contributed by atoms with van der Waals surface area (Å²) in [5.41, 5.74) is -0.255. The van der Waals surface area contributed by atoms with Crippen molar-refractivity contribution in [1.82, 2.24) is 5.32 Å². The van der Waals surface area contributed by atoms with Gasteiger partial charge in [-0.1, -0.05) is 13.0 Å². The summed E-state index contributed by atoms with van der Waals surface area (Å²) in [7, 11) is 0. The van der Waals surface area contributed by atoms with Crippen molar-refractivity contribution in [1.29, 1.82) is 0 Å². The van der Waals surface area contributed by atoms with Crippen molar-refractivity contribution in [3.05, 3.63) is 29.3 Å². The normalized spacial score (nSPS) is 23.6. The van der Waals surface area contributed by atoms with Crippen molar-refractivity contribution >= 4 is 0 Å². The number of rotatable bonds is 3. The largest absolute Gasteiger partial charge is 0.487 e. The maximum Gasteiger partial charge on any atom is 0.419 e. The molecule has 1 aliphatic rings. The number of nitrogens with one attached hydrogen (secondary N) is 1. The van der Waals surface area contributed by atoms with Crippen molar-refractivity contribution in [2.45, 2.75) is 38.2 Å². The molecule has 0 spiro atoms. The highest BCUT2D eigenvalue weighted by molar-refractivity contribution is 5.39. The molecule has 2 nitrogen and oxygen atoms in total. The second-order valence-electron chi connectivity index (χ2n) is 4.85. The third-order valence-corrected chi connectivity index (χ3v) is 3.38. The Labute approximate surface area is 115 Å². The van der Waals surface area contributed by atoms with E-state index in [1.807, 2.05) is 0 Å². The van der Waals surface area contributed by atoms with Gasteiger partial charge in [-0.2, -0.15) is 13.2 Å². The first kappa shape index (κ1) is 15.1. The van der Waals surface area contributed by atoms with Crippen LogP contribution in [0.3, 0.4) is 0 Å². The molecule has 0 unspecified atom stereocenters. The number of piperidine rings is 1. The van der Waals surface area contributed by atoms with Gasteiger partial charge in [-0.3, -0.25) is 0 Å². The number of hydrogen-bond acceptors (Lipinski definition) is 2. The van der Waals surface area contributed by atoms with E-state index in [1.54, 1.807) is 13.0 Å². The molecular weight excluding hydrogens is 274 g/mol. The quantitative estimate of drug-likeness (QED) is 0.862.